The number of aliphatic carboxylic acids is 1. The smallest absolute Gasteiger partial charge is 0.326 e. The van der Waals surface area contributed by atoms with Gasteiger partial charge >= 0.3 is 5.97 Å². The number of carbonyl (C=O) groups excluding carboxylic acids is 3. The van der Waals surface area contributed by atoms with Crippen LogP contribution in [0.25, 0.3) is 0 Å². The Labute approximate surface area is 174 Å². The molecular formula is C19H30N6O5. The summed E-state index contributed by atoms with van der Waals surface area (Å²) in [4.78, 5) is 57.0. The lowest BCUT2D eigenvalue weighted by molar-refractivity contribution is -0.149. The number of nitrogens with zero attached hydrogens (tertiary/aromatic N) is 2. The number of aromatic nitrogens is 2. The van der Waals surface area contributed by atoms with Crippen molar-refractivity contribution < 1.29 is 24.3 Å². The number of nitrogens with one attached hydrogen (secondary N) is 3. The number of carboxylic acid groups (broad SMARTS) is 1. The summed E-state index contributed by atoms with van der Waals surface area (Å²) < 4.78 is 0. The van der Waals surface area contributed by atoms with E-state index in [4.69, 9.17) is 5.73 Å². The number of amides is 3. The van der Waals surface area contributed by atoms with E-state index < -0.39 is 41.8 Å². The molecule has 0 radical (unpaired) electrons. The van der Waals surface area contributed by atoms with Gasteiger partial charge in [-0.1, -0.05) is 20.3 Å². The van der Waals surface area contributed by atoms with Crippen molar-refractivity contribution in [3.63, 3.8) is 0 Å². The maximum atomic E-state index is 13.0. The zero-order chi connectivity index (χ0) is 22.3. The fraction of sp³-hybridized carbons (Fsp3) is 0.632. The molecular weight excluding hydrogens is 392 g/mol. The van der Waals surface area contributed by atoms with E-state index in [2.05, 4.69) is 20.6 Å². The Morgan fingerprint density at radius 3 is 2.73 bits per heavy atom. The van der Waals surface area contributed by atoms with E-state index in [1.807, 2.05) is 13.8 Å². The molecule has 1 aliphatic heterocycles. The van der Waals surface area contributed by atoms with E-state index in [0.29, 0.717) is 25.1 Å². The van der Waals surface area contributed by atoms with E-state index in [1.54, 1.807) is 0 Å². The van der Waals surface area contributed by atoms with Gasteiger partial charge in [-0.2, -0.15) is 0 Å². The number of hydrogen-bond donors (Lipinski definition) is 5. The lowest BCUT2D eigenvalue weighted by atomic mass is 9.99. The standard InChI is InChI=1S/C19H30N6O5/c1-3-11(2)16(20)17(27)22-9-15(26)24-13(7-12-8-21-10-23-12)18(28)25-6-4-5-14(25)19(29)30/h8,10-11,13-14,16H,3-7,9,20H2,1-2H3,(H,21,23)(H,22,27)(H,24,26)(H,29,30). The molecule has 1 aliphatic rings. The molecule has 3 amide bonds. The van der Waals surface area contributed by atoms with Gasteiger partial charge in [0.25, 0.3) is 0 Å². The number of aromatic amines is 1. The highest BCUT2D eigenvalue weighted by Crippen LogP contribution is 2.19. The number of imidazole rings is 1. The van der Waals surface area contributed by atoms with Crippen molar-refractivity contribution >= 4 is 23.7 Å². The van der Waals surface area contributed by atoms with Gasteiger partial charge in [-0.05, 0) is 18.8 Å². The van der Waals surface area contributed by atoms with E-state index in [-0.39, 0.29) is 18.9 Å². The normalized spacial score (nSPS) is 19.0. The highest BCUT2D eigenvalue weighted by atomic mass is 16.4. The first-order valence-corrected chi connectivity index (χ1v) is 10.1. The summed E-state index contributed by atoms with van der Waals surface area (Å²) in [6, 6.07) is -2.63. The van der Waals surface area contributed by atoms with Crippen molar-refractivity contribution in [2.45, 2.75) is 57.7 Å². The Hall–Kier alpha value is -2.95. The van der Waals surface area contributed by atoms with Crippen LogP contribution in [0.2, 0.25) is 0 Å². The summed E-state index contributed by atoms with van der Waals surface area (Å²) in [7, 11) is 0. The van der Waals surface area contributed by atoms with Crippen molar-refractivity contribution in [3.8, 4) is 0 Å². The van der Waals surface area contributed by atoms with Gasteiger partial charge in [0.05, 0.1) is 18.9 Å². The number of H-pyrrole nitrogens is 1. The minimum Gasteiger partial charge on any atom is -0.480 e. The fourth-order valence-corrected chi connectivity index (χ4v) is 3.35. The molecule has 4 unspecified atom stereocenters. The van der Waals surface area contributed by atoms with E-state index in [9.17, 15) is 24.3 Å². The molecule has 0 aromatic carbocycles. The van der Waals surface area contributed by atoms with Gasteiger partial charge in [-0.3, -0.25) is 14.4 Å². The molecule has 2 heterocycles. The van der Waals surface area contributed by atoms with Crippen molar-refractivity contribution in [1.82, 2.24) is 25.5 Å². The average molecular weight is 422 g/mol. The average Bonchev–Trinajstić information content (AvgIpc) is 3.41. The Morgan fingerprint density at radius 2 is 2.13 bits per heavy atom. The van der Waals surface area contributed by atoms with Crippen LogP contribution in [0.3, 0.4) is 0 Å². The Kier molecular flexibility index (Phi) is 8.34. The maximum absolute atomic E-state index is 13.0. The van der Waals surface area contributed by atoms with Gasteiger partial charge in [0.2, 0.25) is 17.7 Å². The molecule has 1 fully saturated rings. The summed E-state index contributed by atoms with van der Waals surface area (Å²) in [6.45, 7) is 3.74. The lowest BCUT2D eigenvalue weighted by Crippen LogP contribution is -2.54. The van der Waals surface area contributed by atoms with Gasteiger partial charge < -0.3 is 31.4 Å². The molecule has 1 aromatic rings. The van der Waals surface area contributed by atoms with Gasteiger partial charge in [0.15, 0.2) is 0 Å². The molecule has 6 N–H and O–H groups in total. The summed E-state index contributed by atoms with van der Waals surface area (Å²) >= 11 is 0. The first kappa shape index (κ1) is 23.3. The Balaban J connectivity index is 2.02. The fourth-order valence-electron chi connectivity index (χ4n) is 3.35. The van der Waals surface area contributed by atoms with Gasteiger partial charge in [-0.25, -0.2) is 9.78 Å². The SMILES string of the molecule is CCC(C)C(N)C(=O)NCC(=O)NC(Cc1cnc[nH]1)C(=O)N1CCCC1C(=O)O. The van der Waals surface area contributed by atoms with Crippen LogP contribution >= 0.6 is 0 Å². The van der Waals surface area contributed by atoms with Gasteiger partial charge in [0, 0.05) is 24.9 Å². The molecule has 30 heavy (non-hydrogen) atoms. The summed E-state index contributed by atoms with van der Waals surface area (Å²) in [5.74, 6) is -2.60. The predicted molar refractivity (Wildman–Crippen MR) is 107 cm³/mol. The minimum absolute atomic E-state index is 0.0362. The molecule has 0 aliphatic carbocycles. The molecule has 0 saturated carbocycles. The number of rotatable bonds is 10. The second-order valence-electron chi connectivity index (χ2n) is 7.56. The van der Waals surface area contributed by atoms with Crippen molar-refractivity contribution in [3.05, 3.63) is 18.2 Å². The van der Waals surface area contributed by atoms with E-state index in [0.717, 1.165) is 6.42 Å². The highest BCUT2D eigenvalue weighted by Gasteiger charge is 2.37. The summed E-state index contributed by atoms with van der Waals surface area (Å²) in [5.41, 5.74) is 6.47. The highest BCUT2D eigenvalue weighted by molar-refractivity contribution is 5.93. The topological polar surface area (TPSA) is 171 Å². The summed E-state index contributed by atoms with van der Waals surface area (Å²) in [5, 5.41) is 14.4. The van der Waals surface area contributed by atoms with Crippen LogP contribution in [0.15, 0.2) is 12.5 Å². The second kappa shape index (κ2) is 10.7. The largest absolute Gasteiger partial charge is 0.480 e. The first-order valence-electron chi connectivity index (χ1n) is 10.1. The molecule has 1 saturated heterocycles. The predicted octanol–water partition coefficient (Wildman–Crippen LogP) is -0.998. The number of carboxylic acids is 1. The zero-order valence-electron chi connectivity index (χ0n) is 17.3. The Morgan fingerprint density at radius 1 is 1.40 bits per heavy atom. The van der Waals surface area contributed by atoms with Crippen LogP contribution in [0, 0.1) is 5.92 Å². The van der Waals surface area contributed by atoms with E-state index in [1.165, 1.54) is 17.4 Å². The third-order valence-corrected chi connectivity index (χ3v) is 5.42. The molecule has 0 spiro atoms. The minimum atomic E-state index is -1.07. The monoisotopic (exact) mass is 422 g/mol. The molecule has 11 heteroatoms. The van der Waals surface area contributed by atoms with Crippen LogP contribution in [-0.2, 0) is 25.6 Å². The molecule has 11 nitrogen and oxygen atoms in total. The van der Waals surface area contributed by atoms with Crippen LogP contribution < -0.4 is 16.4 Å². The molecule has 166 valence electrons. The van der Waals surface area contributed by atoms with Crippen molar-refractivity contribution in [2.24, 2.45) is 11.7 Å². The number of carbonyl (C=O) groups is 4. The number of likely N-dealkylation sites (tertiary alicyclic amines) is 1. The molecule has 2 rings (SSSR count). The third-order valence-electron chi connectivity index (χ3n) is 5.42. The maximum Gasteiger partial charge on any atom is 0.326 e. The quantitative estimate of drug-likeness (QED) is 0.322. The first-order chi connectivity index (χ1) is 14.2. The number of nitrogens with two attached hydrogens (primary N) is 1. The van der Waals surface area contributed by atoms with E-state index >= 15 is 0 Å². The second-order valence-corrected chi connectivity index (χ2v) is 7.56. The number of hydrogen-bond acceptors (Lipinski definition) is 6. The van der Waals surface area contributed by atoms with Crippen LogP contribution in [0.5, 0.6) is 0 Å². The van der Waals surface area contributed by atoms with Gasteiger partial charge in [0.1, 0.15) is 12.1 Å². The zero-order valence-corrected chi connectivity index (χ0v) is 17.3. The lowest BCUT2D eigenvalue weighted by Gasteiger charge is -2.27. The van der Waals surface area contributed by atoms with Crippen molar-refractivity contribution in [1.29, 1.82) is 0 Å². The van der Waals surface area contributed by atoms with Crippen LogP contribution in [-0.4, -0.2) is 74.9 Å². The van der Waals surface area contributed by atoms with Crippen LogP contribution in [0.1, 0.15) is 38.8 Å². The molecule has 4 atom stereocenters. The molecule has 0 bridgehead atoms. The third kappa shape index (κ3) is 6.02. The molecule has 1 aromatic heterocycles. The Bertz CT molecular complexity index is 753. The van der Waals surface area contributed by atoms with Crippen molar-refractivity contribution in [2.75, 3.05) is 13.1 Å². The van der Waals surface area contributed by atoms with Crippen LogP contribution in [0.4, 0.5) is 0 Å². The summed E-state index contributed by atoms with van der Waals surface area (Å²) in [6.07, 6.45) is 4.77. The van der Waals surface area contributed by atoms with Gasteiger partial charge in [-0.15, -0.1) is 0 Å².